The van der Waals surface area contributed by atoms with Crippen LogP contribution in [0.4, 0.5) is 5.69 Å². The molecule has 148 valence electrons. The Bertz CT molecular complexity index is 1260. The molecule has 2 aromatic heterocycles. The van der Waals surface area contributed by atoms with Gasteiger partial charge in [-0.05, 0) is 54.8 Å². The third-order valence-electron chi connectivity index (χ3n) is 4.53. The highest BCUT2D eigenvalue weighted by molar-refractivity contribution is 7.90. The summed E-state index contributed by atoms with van der Waals surface area (Å²) in [5, 5.41) is 6.21. The number of rotatable bonds is 6. The molecular weight excluding hydrogens is 406 g/mol. The van der Waals surface area contributed by atoms with E-state index in [1.165, 1.54) is 29.0 Å². The predicted molar refractivity (Wildman–Crippen MR) is 115 cm³/mol. The molecule has 0 aliphatic heterocycles. The number of amides is 1. The van der Waals surface area contributed by atoms with E-state index in [2.05, 4.69) is 16.4 Å². The summed E-state index contributed by atoms with van der Waals surface area (Å²) < 4.78 is 26.8. The first-order valence-electron chi connectivity index (χ1n) is 8.97. The maximum absolute atomic E-state index is 12.5. The first kappa shape index (κ1) is 19.4. The van der Waals surface area contributed by atoms with Gasteiger partial charge in [-0.2, -0.15) is 0 Å². The zero-order valence-electron chi connectivity index (χ0n) is 15.7. The van der Waals surface area contributed by atoms with Crippen molar-refractivity contribution in [2.45, 2.75) is 24.1 Å². The highest BCUT2D eigenvalue weighted by Gasteiger charge is 2.17. The van der Waals surface area contributed by atoms with Crippen LogP contribution < -0.4 is 5.32 Å². The molecule has 0 unspecified atom stereocenters. The van der Waals surface area contributed by atoms with Gasteiger partial charge >= 0.3 is 0 Å². The van der Waals surface area contributed by atoms with Crippen molar-refractivity contribution in [3.63, 3.8) is 0 Å². The van der Waals surface area contributed by atoms with Crippen molar-refractivity contribution in [3.05, 3.63) is 76.9 Å². The molecule has 4 rings (SSSR count). The first-order valence-corrected chi connectivity index (χ1v) is 11.5. The van der Waals surface area contributed by atoms with Crippen LogP contribution in [0.25, 0.3) is 10.9 Å². The number of thiazole rings is 1. The van der Waals surface area contributed by atoms with Gasteiger partial charge in [0.2, 0.25) is 5.91 Å². The Morgan fingerprint density at radius 1 is 1.14 bits per heavy atom. The second-order valence-electron chi connectivity index (χ2n) is 6.76. The van der Waals surface area contributed by atoms with Crippen molar-refractivity contribution in [3.8, 4) is 0 Å². The number of aryl methyl sites for hydroxylation is 1. The number of hydrogen-bond acceptors (Lipinski definition) is 5. The van der Waals surface area contributed by atoms with Crippen molar-refractivity contribution in [1.82, 2.24) is 9.55 Å². The largest absolute Gasteiger partial charge is 0.338 e. The van der Waals surface area contributed by atoms with Gasteiger partial charge in [0.25, 0.3) is 0 Å². The van der Waals surface area contributed by atoms with Crippen molar-refractivity contribution in [2.75, 3.05) is 5.32 Å². The molecule has 0 aliphatic carbocycles. The van der Waals surface area contributed by atoms with E-state index in [9.17, 15) is 13.2 Å². The molecule has 2 aromatic carbocycles. The van der Waals surface area contributed by atoms with Gasteiger partial charge in [0.15, 0.2) is 9.84 Å². The van der Waals surface area contributed by atoms with Crippen LogP contribution >= 0.6 is 11.3 Å². The van der Waals surface area contributed by atoms with E-state index in [-0.39, 0.29) is 23.1 Å². The Kier molecular flexibility index (Phi) is 5.21. The maximum atomic E-state index is 12.5. The van der Waals surface area contributed by atoms with Crippen molar-refractivity contribution >= 4 is 43.7 Å². The lowest BCUT2D eigenvalue weighted by Crippen LogP contribution is -2.18. The topological polar surface area (TPSA) is 81.1 Å². The van der Waals surface area contributed by atoms with Gasteiger partial charge in [-0.15, -0.1) is 11.3 Å². The number of carbonyl (C=O) groups excluding carboxylic acids is 1. The molecule has 0 atom stereocenters. The molecule has 6 nitrogen and oxygen atoms in total. The van der Waals surface area contributed by atoms with E-state index in [0.29, 0.717) is 10.7 Å². The molecule has 1 N–H and O–H groups in total. The van der Waals surface area contributed by atoms with Crippen LogP contribution in [0.2, 0.25) is 0 Å². The fraction of sp³-hybridized carbons (Fsp3) is 0.143. The zero-order valence-corrected chi connectivity index (χ0v) is 17.3. The average Bonchev–Trinajstić information content (AvgIpc) is 3.31. The molecule has 0 saturated heterocycles. The lowest BCUT2D eigenvalue weighted by atomic mass is 10.2. The third-order valence-corrected chi connectivity index (χ3v) is 7.14. The van der Waals surface area contributed by atoms with Crippen LogP contribution in [0.5, 0.6) is 0 Å². The highest BCUT2D eigenvalue weighted by Crippen LogP contribution is 2.21. The monoisotopic (exact) mass is 425 g/mol. The van der Waals surface area contributed by atoms with Gasteiger partial charge < -0.3 is 9.88 Å². The summed E-state index contributed by atoms with van der Waals surface area (Å²) in [5.74, 6) is -0.308. The zero-order chi connectivity index (χ0) is 20.4. The van der Waals surface area contributed by atoms with E-state index >= 15 is 0 Å². The number of benzene rings is 2. The minimum Gasteiger partial charge on any atom is -0.338 e. The fourth-order valence-electron chi connectivity index (χ4n) is 3.13. The van der Waals surface area contributed by atoms with Crippen molar-refractivity contribution in [2.24, 2.45) is 0 Å². The van der Waals surface area contributed by atoms with Gasteiger partial charge in [-0.3, -0.25) is 4.79 Å². The number of fused-ring (bicyclic) bond motifs is 1. The number of carbonyl (C=O) groups is 1. The Morgan fingerprint density at radius 2 is 1.93 bits per heavy atom. The van der Waals surface area contributed by atoms with Gasteiger partial charge in [-0.1, -0.05) is 11.6 Å². The van der Waals surface area contributed by atoms with E-state index in [1.807, 2.05) is 35.9 Å². The molecule has 8 heteroatoms. The Morgan fingerprint density at radius 3 is 2.66 bits per heavy atom. The molecule has 0 bridgehead atoms. The number of anilines is 1. The fourth-order valence-corrected chi connectivity index (χ4v) is 5.38. The first-order chi connectivity index (χ1) is 13.9. The SMILES string of the molecule is Cc1ccc2c(ccn2CC(=O)Nc2ccc(S(=O)(=O)Cc3nccs3)cc2)c1. The summed E-state index contributed by atoms with van der Waals surface area (Å²) >= 11 is 1.31. The van der Waals surface area contributed by atoms with Gasteiger partial charge in [0.05, 0.1) is 4.90 Å². The third kappa shape index (κ3) is 4.38. The number of nitrogens with zero attached hydrogens (tertiary/aromatic N) is 2. The van der Waals surface area contributed by atoms with E-state index in [4.69, 9.17) is 0 Å². The van der Waals surface area contributed by atoms with Crippen LogP contribution in [0.3, 0.4) is 0 Å². The molecule has 0 fully saturated rings. The molecule has 29 heavy (non-hydrogen) atoms. The summed E-state index contributed by atoms with van der Waals surface area (Å²) in [6, 6.07) is 14.3. The van der Waals surface area contributed by atoms with E-state index in [1.54, 1.807) is 23.7 Å². The molecular formula is C21H19N3O3S2. The molecule has 4 aromatic rings. The summed E-state index contributed by atoms with van der Waals surface area (Å²) in [6.45, 7) is 2.21. The average molecular weight is 426 g/mol. The second-order valence-corrected chi connectivity index (χ2v) is 9.73. The lowest BCUT2D eigenvalue weighted by Gasteiger charge is -2.09. The van der Waals surface area contributed by atoms with Crippen LogP contribution in [0.1, 0.15) is 10.6 Å². The molecule has 1 amide bonds. The highest BCUT2D eigenvalue weighted by atomic mass is 32.2. The normalized spacial score (nSPS) is 11.6. The minimum atomic E-state index is -3.47. The summed E-state index contributed by atoms with van der Waals surface area (Å²) in [5.41, 5.74) is 2.72. The molecule has 2 heterocycles. The predicted octanol–water partition coefficient (Wildman–Crippen LogP) is 4.02. The van der Waals surface area contributed by atoms with E-state index in [0.717, 1.165) is 10.9 Å². The minimum absolute atomic E-state index is 0.128. The summed E-state index contributed by atoms with van der Waals surface area (Å²) in [6.07, 6.45) is 3.47. The molecule has 0 saturated carbocycles. The molecule has 0 spiro atoms. The standard InChI is InChI=1S/C21H19N3O3S2/c1-15-2-7-19-16(12-15)8-10-24(19)13-20(25)23-17-3-5-18(6-4-17)29(26,27)14-21-22-9-11-28-21/h2-12H,13-14H2,1H3,(H,23,25). The van der Waals surface area contributed by atoms with E-state index < -0.39 is 9.84 Å². The Balaban J connectivity index is 1.43. The molecule has 0 radical (unpaired) electrons. The Labute approximate surface area is 172 Å². The number of sulfone groups is 1. The smallest absolute Gasteiger partial charge is 0.244 e. The number of nitrogens with one attached hydrogen (secondary N) is 1. The summed E-state index contributed by atoms with van der Waals surface area (Å²) in [4.78, 5) is 16.7. The second kappa shape index (κ2) is 7.81. The van der Waals surface area contributed by atoms with Crippen molar-refractivity contribution in [1.29, 1.82) is 0 Å². The van der Waals surface area contributed by atoms with Gasteiger partial charge in [0.1, 0.15) is 17.3 Å². The maximum Gasteiger partial charge on any atom is 0.244 e. The van der Waals surface area contributed by atoms with Gasteiger partial charge in [-0.25, -0.2) is 13.4 Å². The Hall–Kier alpha value is -2.97. The number of aromatic nitrogens is 2. The lowest BCUT2D eigenvalue weighted by molar-refractivity contribution is -0.116. The summed E-state index contributed by atoms with van der Waals surface area (Å²) in [7, 11) is -3.47. The van der Waals surface area contributed by atoms with Crippen LogP contribution in [0.15, 0.2) is 71.2 Å². The van der Waals surface area contributed by atoms with Crippen molar-refractivity contribution < 1.29 is 13.2 Å². The van der Waals surface area contributed by atoms with Gasteiger partial charge in [0, 0.05) is 29.0 Å². The number of hydrogen-bond donors (Lipinski definition) is 1. The van der Waals surface area contributed by atoms with Crippen LogP contribution in [-0.4, -0.2) is 23.9 Å². The molecule has 0 aliphatic rings. The quantitative estimate of drug-likeness (QED) is 0.506. The van der Waals surface area contributed by atoms with Crippen LogP contribution in [0, 0.1) is 6.92 Å². The van der Waals surface area contributed by atoms with Crippen LogP contribution in [-0.2, 0) is 26.9 Å².